The van der Waals surface area contributed by atoms with Gasteiger partial charge in [-0.25, -0.2) is 4.98 Å². The highest BCUT2D eigenvalue weighted by Gasteiger charge is 2.26. The van der Waals surface area contributed by atoms with Gasteiger partial charge in [0, 0.05) is 10.7 Å². The molecule has 0 bridgehead atoms. The standard InChI is InChI=1S/C17H17BrN2O/c1-11-9-16(19-10-15(11)18)20-17(21)14-8-4-6-12-5-2-3-7-13(12)14/h2-3,5,7,9-10,14H,4,6,8H2,1H3,(H,19,20,21). The summed E-state index contributed by atoms with van der Waals surface area (Å²) >= 11 is 3.42. The molecule has 1 aliphatic rings. The summed E-state index contributed by atoms with van der Waals surface area (Å²) in [7, 11) is 0. The van der Waals surface area contributed by atoms with Gasteiger partial charge in [-0.15, -0.1) is 0 Å². The first-order chi connectivity index (χ1) is 10.1. The number of hydrogen-bond donors (Lipinski definition) is 1. The highest BCUT2D eigenvalue weighted by atomic mass is 79.9. The summed E-state index contributed by atoms with van der Waals surface area (Å²) in [6.45, 7) is 1.98. The van der Waals surface area contributed by atoms with Crippen molar-refractivity contribution in [1.29, 1.82) is 0 Å². The Hall–Kier alpha value is -1.68. The Balaban J connectivity index is 1.81. The lowest BCUT2D eigenvalue weighted by Gasteiger charge is -2.24. The van der Waals surface area contributed by atoms with Crippen molar-refractivity contribution in [2.24, 2.45) is 0 Å². The smallest absolute Gasteiger partial charge is 0.233 e. The van der Waals surface area contributed by atoms with Crippen LogP contribution in [0.4, 0.5) is 5.82 Å². The lowest BCUT2D eigenvalue weighted by atomic mass is 9.82. The molecule has 0 saturated carbocycles. The summed E-state index contributed by atoms with van der Waals surface area (Å²) in [6, 6.07) is 10.1. The van der Waals surface area contributed by atoms with Crippen molar-refractivity contribution in [3.05, 3.63) is 57.7 Å². The molecule has 3 rings (SSSR count). The highest BCUT2D eigenvalue weighted by molar-refractivity contribution is 9.10. The number of halogens is 1. The van der Waals surface area contributed by atoms with Crippen molar-refractivity contribution >= 4 is 27.7 Å². The summed E-state index contributed by atoms with van der Waals surface area (Å²) in [5, 5.41) is 2.95. The molecule has 0 fully saturated rings. The number of hydrogen-bond acceptors (Lipinski definition) is 2. The molecule has 0 saturated heterocycles. The minimum Gasteiger partial charge on any atom is -0.310 e. The maximum Gasteiger partial charge on any atom is 0.233 e. The molecule has 0 radical (unpaired) electrons. The van der Waals surface area contributed by atoms with Crippen LogP contribution in [-0.4, -0.2) is 10.9 Å². The number of benzene rings is 1. The molecule has 1 amide bonds. The van der Waals surface area contributed by atoms with Crippen LogP contribution in [0.5, 0.6) is 0 Å². The van der Waals surface area contributed by atoms with E-state index in [2.05, 4.69) is 38.4 Å². The predicted octanol–water partition coefficient (Wildman–Crippen LogP) is 4.21. The summed E-state index contributed by atoms with van der Waals surface area (Å²) < 4.78 is 0.948. The van der Waals surface area contributed by atoms with Crippen molar-refractivity contribution in [2.45, 2.75) is 32.1 Å². The zero-order chi connectivity index (χ0) is 14.8. The Kier molecular flexibility index (Phi) is 4.06. The maximum atomic E-state index is 12.6. The Bertz CT molecular complexity index is 684. The third-order valence-electron chi connectivity index (χ3n) is 3.98. The quantitative estimate of drug-likeness (QED) is 0.886. The lowest BCUT2D eigenvalue weighted by Crippen LogP contribution is -2.25. The molecule has 1 aromatic heterocycles. The van der Waals surface area contributed by atoms with Gasteiger partial charge in [0.25, 0.3) is 0 Å². The molecule has 21 heavy (non-hydrogen) atoms. The monoisotopic (exact) mass is 344 g/mol. The van der Waals surface area contributed by atoms with E-state index >= 15 is 0 Å². The number of aryl methyl sites for hydroxylation is 2. The van der Waals surface area contributed by atoms with Crippen molar-refractivity contribution in [3.63, 3.8) is 0 Å². The lowest BCUT2D eigenvalue weighted by molar-refractivity contribution is -0.117. The summed E-state index contributed by atoms with van der Waals surface area (Å²) in [4.78, 5) is 16.8. The summed E-state index contributed by atoms with van der Waals surface area (Å²) in [5.74, 6) is 0.584. The molecule has 1 atom stereocenters. The topological polar surface area (TPSA) is 42.0 Å². The fourth-order valence-electron chi connectivity index (χ4n) is 2.85. The number of carbonyl (C=O) groups is 1. The molecule has 1 N–H and O–H groups in total. The Morgan fingerprint density at radius 2 is 2.19 bits per heavy atom. The number of anilines is 1. The molecule has 1 unspecified atom stereocenters. The average Bonchev–Trinajstić information content (AvgIpc) is 2.50. The van der Waals surface area contributed by atoms with E-state index in [1.54, 1.807) is 6.20 Å². The minimum atomic E-state index is -0.0688. The Labute approximate surface area is 132 Å². The first-order valence-corrected chi connectivity index (χ1v) is 7.95. The molecule has 1 heterocycles. The van der Waals surface area contributed by atoms with Crippen LogP contribution in [0.2, 0.25) is 0 Å². The van der Waals surface area contributed by atoms with E-state index in [1.807, 2.05) is 25.1 Å². The number of fused-ring (bicyclic) bond motifs is 1. The van der Waals surface area contributed by atoms with Crippen molar-refractivity contribution in [1.82, 2.24) is 4.98 Å². The molecule has 108 valence electrons. The van der Waals surface area contributed by atoms with Gasteiger partial charge < -0.3 is 5.32 Å². The molecular formula is C17H17BrN2O. The zero-order valence-corrected chi connectivity index (χ0v) is 13.5. The van der Waals surface area contributed by atoms with Gasteiger partial charge in [0.15, 0.2) is 0 Å². The molecule has 1 aliphatic carbocycles. The van der Waals surface area contributed by atoms with Crippen LogP contribution in [0, 0.1) is 6.92 Å². The SMILES string of the molecule is Cc1cc(NC(=O)C2CCCc3ccccc32)ncc1Br. The number of carbonyl (C=O) groups excluding carboxylic acids is 1. The number of amides is 1. The second-order valence-electron chi connectivity index (χ2n) is 5.45. The van der Waals surface area contributed by atoms with E-state index in [4.69, 9.17) is 0 Å². The summed E-state index contributed by atoms with van der Waals surface area (Å²) in [6.07, 6.45) is 4.75. The number of nitrogens with one attached hydrogen (secondary N) is 1. The van der Waals surface area contributed by atoms with Crippen molar-refractivity contribution in [3.8, 4) is 0 Å². The normalized spacial score (nSPS) is 17.1. The van der Waals surface area contributed by atoms with E-state index < -0.39 is 0 Å². The zero-order valence-electron chi connectivity index (χ0n) is 11.9. The van der Waals surface area contributed by atoms with E-state index in [1.165, 1.54) is 5.56 Å². The number of nitrogens with zero attached hydrogens (tertiary/aromatic N) is 1. The van der Waals surface area contributed by atoms with Gasteiger partial charge in [0.2, 0.25) is 5.91 Å². The Morgan fingerprint density at radius 1 is 1.38 bits per heavy atom. The molecule has 2 aromatic rings. The maximum absolute atomic E-state index is 12.6. The molecule has 0 aliphatic heterocycles. The van der Waals surface area contributed by atoms with E-state index in [-0.39, 0.29) is 11.8 Å². The van der Waals surface area contributed by atoms with Crippen LogP contribution in [0.1, 0.15) is 35.4 Å². The highest BCUT2D eigenvalue weighted by Crippen LogP contribution is 2.32. The largest absolute Gasteiger partial charge is 0.310 e. The fourth-order valence-corrected chi connectivity index (χ4v) is 3.06. The minimum absolute atomic E-state index is 0.0383. The van der Waals surface area contributed by atoms with E-state index in [0.717, 1.165) is 34.9 Å². The number of rotatable bonds is 2. The number of aromatic nitrogens is 1. The first-order valence-electron chi connectivity index (χ1n) is 7.16. The first kappa shape index (κ1) is 14.3. The third-order valence-corrected chi connectivity index (χ3v) is 4.81. The third kappa shape index (κ3) is 3.00. The van der Waals surface area contributed by atoms with Gasteiger partial charge in [0.05, 0.1) is 5.92 Å². The molecule has 1 aromatic carbocycles. The second-order valence-corrected chi connectivity index (χ2v) is 6.31. The predicted molar refractivity (Wildman–Crippen MR) is 87.4 cm³/mol. The molecule has 4 heteroatoms. The van der Waals surface area contributed by atoms with E-state index in [0.29, 0.717) is 5.82 Å². The van der Waals surface area contributed by atoms with Crippen LogP contribution in [-0.2, 0) is 11.2 Å². The summed E-state index contributed by atoms with van der Waals surface area (Å²) in [5.41, 5.74) is 3.52. The van der Waals surface area contributed by atoms with Crippen LogP contribution in [0.25, 0.3) is 0 Å². The van der Waals surface area contributed by atoms with Gasteiger partial charge in [-0.05, 0) is 64.9 Å². The second kappa shape index (κ2) is 5.98. The van der Waals surface area contributed by atoms with Crippen LogP contribution >= 0.6 is 15.9 Å². The van der Waals surface area contributed by atoms with Gasteiger partial charge in [-0.1, -0.05) is 24.3 Å². The van der Waals surface area contributed by atoms with Crippen molar-refractivity contribution < 1.29 is 4.79 Å². The van der Waals surface area contributed by atoms with Crippen LogP contribution in [0.3, 0.4) is 0 Å². The van der Waals surface area contributed by atoms with E-state index in [9.17, 15) is 4.79 Å². The van der Waals surface area contributed by atoms with Gasteiger partial charge >= 0.3 is 0 Å². The van der Waals surface area contributed by atoms with Crippen LogP contribution < -0.4 is 5.32 Å². The van der Waals surface area contributed by atoms with Gasteiger partial charge in [-0.2, -0.15) is 0 Å². The molecule has 0 spiro atoms. The Morgan fingerprint density at radius 3 is 3.00 bits per heavy atom. The van der Waals surface area contributed by atoms with Gasteiger partial charge in [0.1, 0.15) is 5.82 Å². The molecular weight excluding hydrogens is 328 g/mol. The van der Waals surface area contributed by atoms with Crippen molar-refractivity contribution in [2.75, 3.05) is 5.32 Å². The molecule has 3 nitrogen and oxygen atoms in total. The van der Waals surface area contributed by atoms with Crippen LogP contribution in [0.15, 0.2) is 41.0 Å². The number of pyridine rings is 1. The van der Waals surface area contributed by atoms with Gasteiger partial charge in [-0.3, -0.25) is 4.79 Å². The fraction of sp³-hybridized carbons (Fsp3) is 0.294. The average molecular weight is 345 g/mol.